The lowest BCUT2D eigenvalue weighted by molar-refractivity contribution is 0.595. The van der Waals surface area contributed by atoms with Crippen molar-refractivity contribution in [2.45, 2.75) is 32.7 Å². The van der Waals surface area contributed by atoms with Gasteiger partial charge in [0.2, 0.25) is 0 Å². The summed E-state index contributed by atoms with van der Waals surface area (Å²) in [5, 5.41) is 6.41. The van der Waals surface area contributed by atoms with Gasteiger partial charge >= 0.3 is 0 Å². The van der Waals surface area contributed by atoms with Crippen molar-refractivity contribution >= 4 is 45.5 Å². The molecule has 148 valence electrons. The molecule has 0 spiro atoms. The summed E-state index contributed by atoms with van der Waals surface area (Å²) in [6, 6.07) is 8.65. The van der Waals surface area contributed by atoms with Crippen LogP contribution >= 0.6 is 24.0 Å². The minimum atomic E-state index is -2.97. The number of guanidine groups is 1. The van der Waals surface area contributed by atoms with E-state index in [-0.39, 0.29) is 41.5 Å². The van der Waals surface area contributed by atoms with E-state index in [0.29, 0.717) is 12.5 Å². The van der Waals surface area contributed by atoms with Crippen molar-refractivity contribution in [1.29, 1.82) is 0 Å². The molecule has 0 bridgehead atoms. The molecule has 1 aliphatic rings. The Morgan fingerprint density at radius 1 is 1.31 bits per heavy atom. The van der Waals surface area contributed by atoms with Crippen LogP contribution < -0.4 is 15.5 Å². The summed E-state index contributed by atoms with van der Waals surface area (Å²) in [6.07, 6.45) is 2.52. The number of nitrogens with zero attached hydrogens (tertiary/aromatic N) is 2. The second-order valence-corrected chi connectivity index (χ2v) is 8.86. The molecule has 1 heterocycles. The van der Waals surface area contributed by atoms with Gasteiger partial charge in [0.1, 0.15) is 0 Å². The molecule has 1 aromatic carbocycles. The number of sulfone groups is 1. The largest absolute Gasteiger partial charge is 0.372 e. The smallest absolute Gasteiger partial charge is 0.191 e. The van der Waals surface area contributed by atoms with Gasteiger partial charge in [-0.1, -0.05) is 19.1 Å². The third-order valence-electron chi connectivity index (χ3n) is 4.56. The maximum atomic E-state index is 11.6. The summed E-state index contributed by atoms with van der Waals surface area (Å²) < 4.78 is 23.1. The zero-order valence-electron chi connectivity index (χ0n) is 15.9. The summed E-state index contributed by atoms with van der Waals surface area (Å²) >= 11 is 0. The molecule has 1 fully saturated rings. The highest BCUT2D eigenvalue weighted by Crippen LogP contribution is 2.23. The molecular formula is C18H31IN4O2S. The van der Waals surface area contributed by atoms with Gasteiger partial charge in [0, 0.05) is 38.1 Å². The van der Waals surface area contributed by atoms with E-state index in [1.807, 2.05) is 0 Å². The van der Waals surface area contributed by atoms with Crippen LogP contribution in [-0.4, -0.2) is 52.6 Å². The summed E-state index contributed by atoms with van der Waals surface area (Å²) in [4.78, 5) is 6.60. The Balaban J connectivity index is 0.00000338. The summed E-state index contributed by atoms with van der Waals surface area (Å²) in [7, 11) is -1.28. The Morgan fingerprint density at radius 2 is 2.00 bits per heavy atom. The topological polar surface area (TPSA) is 73.8 Å². The molecule has 1 unspecified atom stereocenters. The molecule has 26 heavy (non-hydrogen) atoms. The van der Waals surface area contributed by atoms with E-state index in [0.717, 1.165) is 13.1 Å². The lowest BCUT2D eigenvalue weighted by Crippen LogP contribution is -2.40. The molecule has 0 aromatic heterocycles. The number of rotatable bonds is 7. The molecule has 2 N–H and O–H groups in total. The Bertz CT molecular complexity index is 688. The Morgan fingerprint density at radius 3 is 2.62 bits per heavy atom. The molecule has 0 aliphatic carbocycles. The van der Waals surface area contributed by atoms with Gasteiger partial charge in [-0.2, -0.15) is 0 Å². The third-order valence-corrected chi connectivity index (χ3v) is 6.27. The maximum absolute atomic E-state index is 11.6. The van der Waals surface area contributed by atoms with Crippen LogP contribution in [0.4, 0.5) is 5.69 Å². The standard InChI is InChI=1S/C18H30N4O2S.HI/c1-4-25(23,24)13-10-20-18(19-3)21-15(2)16-8-7-9-17(14-16)22-11-5-6-12-22;/h7-9,14-15H,4-6,10-13H2,1-3H3,(H2,19,20,21);1H. The highest BCUT2D eigenvalue weighted by atomic mass is 127. The van der Waals surface area contributed by atoms with Gasteiger partial charge in [-0.25, -0.2) is 8.42 Å². The van der Waals surface area contributed by atoms with Crippen molar-refractivity contribution in [2.75, 3.05) is 43.1 Å². The van der Waals surface area contributed by atoms with Crippen molar-refractivity contribution < 1.29 is 8.42 Å². The molecular weight excluding hydrogens is 463 g/mol. The van der Waals surface area contributed by atoms with Gasteiger partial charge in [-0.15, -0.1) is 24.0 Å². The van der Waals surface area contributed by atoms with Crippen molar-refractivity contribution in [3.05, 3.63) is 29.8 Å². The van der Waals surface area contributed by atoms with Gasteiger partial charge in [-0.05, 0) is 37.5 Å². The first-order chi connectivity index (χ1) is 11.9. The number of anilines is 1. The second kappa shape index (κ2) is 11.0. The number of hydrogen-bond acceptors (Lipinski definition) is 4. The van der Waals surface area contributed by atoms with E-state index in [2.05, 4.69) is 51.7 Å². The average molecular weight is 494 g/mol. The Labute approximate surface area is 174 Å². The maximum Gasteiger partial charge on any atom is 0.191 e. The molecule has 8 heteroatoms. The highest BCUT2D eigenvalue weighted by Gasteiger charge is 2.15. The SMILES string of the molecule is CCS(=O)(=O)CCNC(=NC)NC(C)c1cccc(N2CCCC2)c1.I. The quantitative estimate of drug-likeness (QED) is 0.347. The number of hydrogen-bond donors (Lipinski definition) is 2. The van der Waals surface area contributed by atoms with E-state index in [9.17, 15) is 8.42 Å². The number of aliphatic imine (C=N–C) groups is 1. The second-order valence-electron chi connectivity index (χ2n) is 6.39. The molecule has 1 atom stereocenters. The van der Waals surface area contributed by atoms with Crippen LogP contribution in [0.25, 0.3) is 0 Å². The van der Waals surface area contributed by atoms with E-state index in [4.69, 9.17) is 0 Å². The summed E-state index contributed by atoms with van der Waals surface area (Å²) in [6.45, 7) is 6.35. The minimum Gasteiger partial charge on any atom is -0.372 e. The predicted octanol–water partition coefficient (Wildman–Crippen LogP) is 2.57. The van der Waals surface area contributed by atoms with Crippen LogP contribution in [0.2, 0.25) is 0 Å². The summed E-state index contributed by atoms with van der Waals surface area (Å²) in [5.74, 6) is 0.897. The lowest BCUT2D eigenvalue weighted by atomic mass is 10.1. The van der Waals surface area contributed by atoms with Crippen LogP contribution in [0.15, 0.2) is 29.3 Å². The van der Waals surface area contributed by atoms with Gasteiger partial charge < -0.3 is 15.5 Å². The monoisotopic (exact) mass is 494 g/mol. The van der Waals surface area contributed by atoms with Crippen LogP contribution in [-0.2, 0) is 9.84 Å². The normalized spacial score (nSPS) is 16.1. The molecule has 0 radical (unpaired) electrons. The van der Waals surface area contributed by atoms with Crippen LogP contribution in [0, 0.1) is 0 Å². The van der Waals surface area contributed by atoms with E-state index < -0.39 is 9.84 Å². The van der Waals surface area contributed by atoms with Crippen molar-refractivity contribution in [3.63, 3.8) is 0 Å². The van der Waals surface area contributed by atoms with Gasteiger partial charge in [0.05, 0.1) is 11.8 Å². The van der Waals surface area contributed by atoms with Crippen molar-refractivity contribution in [3.8, 4) is 0 Å². The van der Waals surface area contributed by atoms with Crippen LogP contribution in [0.5, 0.6) is 0 Å². The molecule has 0 amide bonds. The third kappa shape index (κ3) is 6.94. The van der Waals surface area contributed by atoms with E-state index in [1.165, 1.54) is 24.1 Å². The number of nitrogens with one attached hydrogen (secondary N) is 2. The van der Waals surface area contributed by atoms with Gasteiger partial charge in [0.15, 0.2) is 15.8 Å². The molecule has 1 aromatic rings. The molecule has 2 rings (SSSR count). The zero-order chi connectivity index (χ0) is 18.3. The molecule has 1 saturated heterocycles. The van der Waals surface area contributed by atoms with Gasteiger partial charge in [-0.3, -0.25) is 4.99 Å². The fourth-order valence-electron chi connectivity index (χ4n) is 2.92. The van der Waals surface area contributed by atoms with Crippen molar-refractivity contribution in [1.82, 2.24) is 10.6 Å². The molecule has 1 aliphatic heterocycles. The average Bonchev–Trinajstić information content (AvgIpc) is 3.15. The predicted molar refractivity (Wildman–Crippen MR) is 121 cm³/mol. The number of benzene rings is 1. The highest BCUT2D eigenvalue weighted by molar-refractivity contribution is 14.0. The zero-order valence-corrected chi connectivity index (χ0v) is 19.0. The minimum absolute atomic E-state index is 0. The Hall–Kier alpha value is -1.03. The summed E-state index contributed by atoms with van der Waals surface area (Å²) in [5.41, 5.74) is 2.45. The van der Waals surface area contributed by atoms with Gasteiger partial charge in [0.25, 0.3) is 0 Å². The van der Waals surface area contributed by atoms with E-state index in [1.54, 1.807) is 14.0 Å². The molecule has 6 nitrogen and oxygen atoms in total. The van der Waals surface area contributed by atoms with Crippen molar-refractivity contribution in [2.24, 2.45) is 4.99 Å². The van der Waals surface area contributed by atoms with E-state index >= 15 is 0 Å². The fraction of sp³-hybridized carbons (Fsp3) is 0.611. The first-order valence-electron chi connectivity index (χ1n) is 8.97. The van der Waals surface area contributed by atoms with Crippen LogP contribution in [0.3, 0.4) is 0 Å². The fourth-order valence-corrected chi connectivity index (χ4v) is 3.62. The molecule has 0 saturated carbocycles. The Kier molecular flexibility index (Phi) is 9.70. The first-order valence-corrected chi connectivity index (χ1v) is 10.8. The first kappa shape index (κ1) is 23.0. The lowest BCUT2D eigenvalue weighted by Gasteiger charge is -2.22. The number of halogens is 1. The van der Waals surface area contributed by atoms with Crippen LogP contribution in [0.1, 0.15) is 38.3 Å².